The van der Waals surface area contributed by atoms with Gasteiger partial charge in [-0.05, 0) is 47.9 Å². The molecule has 0 unspecified atom stereocenters. The minimum Gasteiger partial charge on any atom is -0.495 e. The normalized spacial score (nSPS) is 17.6. The van der Waals surface area contributed by atoms with Gasteiger partial charge in [0.25, 0.3) is 0 Å². The summed E-state index contributed by atoms with van der Waals surface area (Å²) in [7, 11) is -2.13. The number of rotatable bonds is 5. The molecule has 3 aromatic rings. The van der Waals surface area contributed by atoms with Gasteiger partial charge in [-0.2, -0.15) is 4.31 Å². The van der Waals surface area contributed by atoms with E-state index in [4.69, 9.17) is 4.74 Å². The second-order valence-corrected chi connectivity index (χ2v) is 9.34. The molecule has 1 aliphatic heterocycles. The van der Waals surface area contributed by atoms with Crippen LogP contribution in [0.15, 0.2) is 71.6 Å². The van der Waals surface area contributed by atoms with Gasteiger partial charge in [0.1, 0.15) is 5.75 Å². The second-order valence-electron chi connectivity index (χ2n) is 7.40. The maximum absolute atomic E-state index is 13.2. The molecule has 0 spiro atoms. The lowest BCUT2D eigenvalue weighted by molar-refractivity contribution is -0.120. The van der Waals surface area contributed by atoms with Crippen LogP contribution < -0.4 is 10.1 Å². The molecule has 1 fully saturated rings. The molecule has 1 saturated heterocycles. The Morgan fingerprint density at radius 3 is 2.57 bits per heavy atom. The van der Waals surface area contributed by atoms with E-state index in [1.165, 1.54) is 4.31 Å². The number of methoxy groups -OCH3 is 1. The van der Waals surface area contributed by atoms with Crippen molar-refractivity contribution in [3.8, 4) is 5.75 Å². The Labute approximate surface area is 176 Å². The highest BCUT2D eigenvalue weighted by atomic mass is 32.2. The molecule has 0 aromatic heterocycles. The zero-order valence-corrected chi connectivity index (χ0v) is 17.6. The Balaban J connectivity index is 1.53. The number of carbonyl (C=O) groups is 1. The number of hydrogen-bond acceptors (Lipinski definition) is 4. The molecule has 7 heteroatoms. The van der Waals surface area contributed by atoms with E-state index in [0.29, 0.717) is 30.8 Å². The smallest absolute Gasteiger partial charge is 0.243 e. The van der Waals surface area contributed by atoms with Crippen LogP contribution in [0.1, 0.15) is 12.8 Å². The van der Waals surface area contributed by atoms with Gasteiger partial charge in [0.05, 0.1) is 23.6 Å². The van der Waals surface area contributed by atoms with Crippen LogP contribution in [-0.2, 0) is 14.8 Å². The highest BCUT2D eigenvalue weighted by Gasteiger charge is 2.33. The van der Waals surface area contributed by atoms with E-state index in [0.717, 1.165) is 10.8 Å². The summed E-state index contributed by atoms with van der Waals surface area (Å²) in [5, 5.41) is 4.75. The SMILES string of the molecule is COc1ccccc1NC(=O)[C@@H]1CCCN(S(=O)(=O)c2ccc3ccccc3c2)C1. The molecule has 1 heterocycles. The standard InChI is InChI=1S/C23H24N2O4S/c1-29-22-11-5-4-10-21(22)24-23(26)19-9-6-14-25(16-19)30(27,28)20-13-12-17-7-2-3-8-18(17)15-20/h2-5,7-8,10-13,15,19H,6,9,14,16H2,1H3,(H,24,26)/t19-/m1/s1. The monoisotopic (exact) mass is 424 g/mol. The Morgan fingerprint density at radius 2 is 1.77 bits per heavy atom. The number of ether oxygens (including phenoxy) is 1. The Bertz CT molecular complexity index is 1180. The number of piperidine rings is 1. The number of sulfonamides is 1. The minimum atomic E-state index is -3.68. The lowest BCUT2D eigenvalue weighted by Crippen LogP contribution is -2.43. The molecule has 1 amide bonds. The number of carbonyl (C=O) groups excluding carboxylic acids is 1. The van der Waals surface area contributed by atoms with Gasteiger partial charge in [0.15, 0.2) is 0 Å². The van der Waals surface area contributed by atoms with E-state index in [-0.39, 0.29) is 17.3 Å². The summed E-state index contributed by atoms with van der Waals surface area (Å²) in [6, 6.07) is 20.0. The fourth-order valence-corrected chi connectivity index (χ4v) is 5.39. The average Bonchev–Trinajstić information content (AvgIpc) is 2.79. The van der Waals surface area contributed by atoms with Crippen LogP contribution in [0.5, 0.6) is 5.75 Å². The Morgan fingerprint density at radius 1 is 1.03 bits per heavy atom. The first-order valence-electron chi connectivity index (χ1n) is 9.92. The first-order valence-corrected chi connectivity index (χ1v) is 11.4. The maximum atomic E-state index is 13.2. The van der Waals surface area contributed by atoms with Gasteiger partial charge in [0.2, 0.25) is 15.9 Å². The summed E-state index contributed by atoms with van der Waals surface area (Å²) in [5.41, 5.74) is 0.583. The number of fused-ring (bicyclic) bond motifs is 1. The zero-order valence-electron chi connectivity index (χ0n) is 16.7. The average molecular weight is 425 g/mol. The van der Waals surface area contributed by atoms with Crippen molar-refractivity contribution in [3.05, 3.63) is 66.7 Å². The quantitative estimate of drug-likeness (QED) is 0.674. The lowest BCUT2D eigenvalue weighted by Gasteiger charge is -2.31. The van der Waals surface area contributed by atoms with Crippen molar-refractivity contribution in [1.29, 1.82) is 0 Å². The number of hydrogen-bond donors (Lipinski definition) is 1. The second kappa shape index (κ2) is 8.45. The first-order chi connectivity index (χ1) is 14.5. The third kappa shape index (κ3) is 4.04. The van der Waals surface area contributed by atoms with Crippen molar-refractivity contribution >= 4 is 32.4 Å². The van der Waals surface area contributed by atoms with Crippen LogP contribution in [0.2, 0.25) is 0 Å². The number of anilines is 1. The third-order valence-electron chi connectivity index (χ3n) is 5.48. The first kappa shape index (κ1) is 20.4. The summed E-state index contributed by atoms with van der Waals surface area (Å²) in [5.74, 6) is -0.0425. The largest absolute Gasteiger partial charge is 0.495 e. The molecule has 0 radical (unpaired) electrons. The van der Waals surface area contributed by atoms with Crippen LogP contribution in [0.4, 0.5) is 5.69 Å². The summed E-state index contributed by atoms with van der Waals surface area (Å²) < 4.78 is 33.2. The van der Waals surface area contributed by atoms with Crippen molar-refractivity contribution in [1.82, 2.24) is 4.31 Å². The van der Waals surface area contributed by atoms with Gasteiger partial charge < -0.3 is 10.1 Å². The minimum absolute atomic E-state index is 0.163. The van der Waals surface area contributed by atoms with E-state index in [1.54, 1.807) is 31.4 Å². The lowest BCUT2D eigenvalue weighted by atomic mass is 9.98. The van der Waals surface area contributed by atoms with Crippen molar-refractivity contribution < 1.29 is 17.9 Å². The van der Waals surface area contributed by atoms with E-state index in [9.17, 15) is 13.2 Å². The fourth-order valence-electron chi connectivity index (χ4n) is 3.83. The number of nitrogens with zero attached hydrogens (tertiary/aromatic N) is 1. The molecule has 4 rings (SSSR count). The van der Waals surface area contributed by atoms with Crippen LogP contribution in [0, 0.1) is 5.92 Å². The molecule has 30 heavy (non-hydrogen) atoms. The highest BCUT2D eigenvalue weighted by molar-refractivity contribution is 7.89. The molecule has 1 N–H and O–H groups in total. The maximum Gasteiger partial charge on any atom is 0.243 e. The topological polar surface area (TPSA) is 75.7 Å². The van der Waals surface area contributed by atoms with E-state index in [1.807, 2.05) is 42.5 Å². The van der Waals surface area contributed by atoms with Gasteiger partial charge in [-0.3, -0.25) is 4.79 Å². The van der Waals surface area contributed by atoms with E-state index in [2.05, 4.69) is 5.32 Å². The van der Waals surface area contributed by atoms with Crippen molar-refractivity contribution in [2.24, 2.45) is 5.92 Å². The fraction of sp³-hybridized carbons (Fsp3) is 0.261. The molecule has 1 atom stereocenters. The van der Waals surface area contributed by atoms with Crippen LogP contribution in [0.3, 0.4) is 0 Å². The molecule has 156 valence electrons. The number of benzene rings is 3. The number of amides is 1. The molecule has 3 aromatic carbocycles. The molecule has 0 bridgehead atoms. The predicted molar refractivity (Wildman–Crippen MR) is 117 cm³/mol. The molecular formula is C23H24N2O4S. The number of para-hydroxylation sites is 2. The summed E-state index contributed by atoms with van der Waals surface area (Å²) in [6.07, 6.45) is 1.28. The molecule has 0 saturated carbocycles. The van der Waals surface area contributed by atoms with Crippen molar-refractivity contribution in [2.75, 3.05) is 25.5 Å². The zero-order chi connectivity index (χ0) is 21.1. The molecule has 1 aliphatic rings. The van der Waals surface area contributed by atoms with Gasteiger partial charge in [-0.15, -0.1) is 0 Å². The van der Waals surface area contributed by atoms with Gasteiger partial charge >= 0.3 is 0 Å². The van der Waals surface area contributed by atoms with E-state index < -0.39 is 15.9 Å². The van der Waals surface area contributed by atoms with Crippen molar-refractivity contribution in [3.63, 3.8) is 0 Å². The molecular weight excluding hydrogens is 400 g/mol. The Hall–Kier alpha value is -2.90. The van der Waals surface area contributed by atoms with Gasteiger partial charge in [-0.1, -0.05) is 42.5 Å². The predicted octanol–water partition coefficient (Wildman–Crippen LogP) is 3.89. The van der Waals surface area contributed by atoms with Gasteiger partial charge in [0, 0.05) is 13.1 Å². The van der Waals surface area contributed by atoms with Crippen molar-refractivity contribution in [2.45, 2.75) is 17.7 Å². The highest BCUT2D eigenvalue weighted by Crippen LogP contribution is 2.28. The molecule has 0 aliphatic carbocycles. The van der Waals surface area contributed by atoms with Gasteiger partial charge in [-0.25, -0.2) is 8.42 Å². The molecule has 6 nitrogen and oxygen atoms in total. The van der Waals surface area contributed by atoms with Crippen LogP contribution in [-0.4, -0.2) is 38.8 Å². The third-order valence-corrected chi connectivity index (χ3v) is 7.34. The van der Waals surface area contributed by atoms with E-state index >= 15 is 0 Å². The van der Waals surface area contributed by atoms with Crippen LogP contribution >= 0.6 is 0 Å². The summed E-state index contributed by atoms with van der Waals surface area (Å²) >= 11 is 0. The Kier molecular flexibility index (Phi) is 5.74. The summed E-state index contributed by atoms with van der Waals surface area (Å²) in [6.45, 7) is 0.573. The van der Waals surface area contributed by atoms with Crippen LogP contribution in [0.25, 0.3) is 10.8 Å². The summed E-state index contributed by atoms with van der Waals surface area (Å²) in [4.78, 5) is 13.1. The number of nitrogens with one attached hydrogen (secondary N) is 1.